The van der Waals surface area contributed by atoms with E-state index in [-0.39, 0.29) is 23.9 Å². The van der Waals surface area contributed by atoms with Crippen LogP contribution in [0.15, 0.2) is 12.1 Å². The lowest BCUT2D eigenvalue weighted by molar-refractivity contribution is -0.150. The molecule has 0 bridgehead atoms. The van der Waals surface area contributed by atoms with E-state index < -0.39 is 0 Å². The van der Waals surface area contributed by atoms with E-state index in [1.165, 1.54) is 6.92 Å². The van der Waals surface area contributed by atoms with Gasteiger partial charge in [-0.25, -0.2) is 0 Å². The number of hydrogen-bond donors (Lipinski definition) is 0. The predicted octanol–water partition coefficient (Wildman–Crippen LogP) is 2.90. The monoisotopic (exact) mass is 480 g/mol. The highest BCUT2D eigenvalue weighted by atomic mass is 35.5. The Morgan fingerprint density at radius 2 is 1.79 bits per heavy atom. The van der Waals surface area contributed by atoms with E-state index in [9.17, 15) is 9.59 Å². The van der Waals surface area contributed by atoms with Crippen molar-refractivity contribution in [2.45, 2.75) is 39.2 Å². The first-order valence-electron chi connectivity index (χ1n) is 11.7. The van der Waals surface area contributed by atoms with Crippen LogP contribution in [0.25, 0.3) is 0 Å². The highest BCUT2D eigenvalue weighted by Gasteiger charge is 2.39. The van der Waals surface area contributed by atoms with Gasteiger partial charge < -0.3 is 23.8 Å². The van der Waals surface area contributed by atoms with E-state index in [0.29, 0.717) is 62.5 Å². The van der Waals surface area contributed by atoms with Crippen LogP contribution in [0, 0.1) is 5.41 Å². The number of amides is 1. The van der Waals surface area contributed by atoms with Gasteiger partial charge in [0.25, 0.3) is 0 Å². The molecule has 8 nitrogen and oxygen atoms in total. The maximum Gasteiger partial charge on any atom is 0.302 e. The summed E-state index contributed by atoms with van der Waals surface area (Å²) in [5, 5.41) is 0.571. The zero-order chi connectivity index (χ0) is 23.3. The molecule has 0 saturated carbocycles. The van der Waals surface area contributed by atoms with Gasteiger partial charge in [-0.05, 0) is 43.6 Å². The zero-order valence-corrected chi connectivity index (χ0v) is 20.0. The molecule has 3 heterocycles. The molecule has 0 aromatic heterocycles. The Morgan fingerprint density at radius 1 is 1.06 bits per heavy atom. The molecule has 9 heteroatoms. The van der Waals surface area contributed by atoms with E-state index >= 15 is 0 Å². The van der Waals surface area contributed by atoms with Crippen LogP contribution in [0.4, 0.5) is 0 Å². The minimum atomic E-state index is -0.333. The quantitative estimate of drug-likeness (QED) is 0.579. The highest BCUT2D eigenvalue weighted by Crippen LogP contribution is 2.40. The second-order valence-corrected chi connectivity index (χ2v) is 9.59. The Balaban J connectivity index is 1.39. The number of piperidine rings is 1. The van der Waals surface area contributed by atoms with Gasteiger partial charge in [0.1, 0.15) is 0 Å². The molecule has 0 N–H and O–H groups in total. The van der Waals surface area contributed by atoms with Crippen LogP contribution in [-0.2, 0) is 25.6 Å². The number of ether oxygens (including phenoxy) is 4. The van der Waals surface area contributed by atoms with Crippen LogP contribution in [0.2, 0.25) is 5.02 Å². The smallest absolute Gasteiger partial charge is 0.302 e. The van der Waals surface area contributed by atoms with Gasteiger partial charge in [0.15, 0.2) is 11.5 Å². The summed E-state index contributed by atoms with van der Waals surface area (Å²) in [5.74, 6) is 1.14. The third-order valence-electron chi connectivity index (χ3n) is 6.66. The molecule has 0 aliphatic carbocycles. The van der Waals surface area contributed by atoms with Crippen LogP contribution in [0.5, 0.6) is 11.5 Å². The van der Waals surface area contributed by atoms with Crippen molar-refractivity contribution in [3.05, 3.63) is 22.7 Å². The van der Waals surface area contributed by atoms with Gasteiger partial charge in [0.2, 0.25) is 5.91 Å². The molecule has 0 atom stereocenters. The zero-order valence-electron chi connectivity index (χ0n) is 19.3. The molecule has 182 valence electrons. The summed E-state index contributed by atoms with van der Waals surface area (Å²) in [6, 6.07) is 3.95. The van der Waals surface area contributed by atoms with Crippen LogP contribution < -0.4 is 9.47 Å². The predicted molar refractivity (Wildman–Crippen MR) is 123 cm³/mol. The number of esters is 1. The molecule has 0 radical (unpaired) electrons. The Bertz CT molecular complexity index is 850. The number of carbonyl (C=O) groups is 2. The number of rotatable bonds is 6. The Kier molecular flexibility index (Phi) is 7.98. The van der Waals surface area contributed by atoms with E-state index in [4.69, 9.17) is 30.5 Å². The molecule has 1 aromatic carbocycles. The number of carbonyl (C=O) groups excluding carboxylic acids is 2. The minimum absolute atomic E-state index is 0.119. The molecular formula is C24H33ClN2O6. The van der Waals surface area contributed by atoms with Crippen molar-refractivity contribution in [1.29, 1.82) is 0 Å². The number of fused-ring (bicyclic) bond motifs is 1. The fraction of sp³-hybridized carbons (Fsp3) is 0.667. The second-order valence-electron chi connectivity index (χ2n) is 9.18. The molecule has 3 aliphatic heterocycles. The molecule has 4 rings (SSSR count). The number of morpholine rings is 1. The summed E-state index contributed by atoms with van der Waals surface area (Å²) in [6.45, 7) is 7.67. The topological polar surface area (TPSA) is 77.5 Å². The molecule has 0 unspecified atom stereocenters. The SMILES string of the molecule is CC(=O)OCC1(CC(=O)N2CCOCC2)CCN(Cc2cc(Cl)c3c(c2)OCCCO3)CC1. The fourth-order valence-corrected chi connectivity index (χ4v) is 4.98. The lowest BCUT2D eigenvalue weighted by Crippen LogP contribution is -2.47. The maximum absolute atomic E-state index is 13.0. The molecule has 3 aliphatic rings. The highest BCUT2D eigenvalue weighted by molar-refractivity contribution is 6.32. The third kappa shape index (κ3) is 6.31. The van der Waals surface area contributed by atoms with E-state index in [2.05, 4.69) is 4.90 Å². The molecule has 0 spiro atoms. The van der Waals surface area contributed by atoms with Crippen molar-refractivity contribution in [2.75, 3.05) is 59.2 Å². The molecule has 33 heavy (non-hydrogen) atoms. The third-order valence-corrected chi connectivity index (χ3v) is 6.94. The first kappa shape index (κ1) is 24.1. The first-order chi connectivity index (χ1) is 15.9. The van der Waals surface area contributed by atoms with Crippen LogP contribution in [0.1, 0.15) is 38.2 Å². The molecule has 1 amide bonds. The fourth-order valence-electron chi connectivity index (χ4n) is 4.69. The summed E-state index contributed by atoms with van der Waals surface area (Å²) < 4.78 is 22.3. The number of benzene rings is 1. The van der Waals surface area contributed by atoms with E-state index in [1.807, 2.05) is 17.0 Å². The largest absolute Gasteiger partial charge is 0.489 e. The molecule has 2 saturated heterocycles. The van der Waals surface area contributed by atoms with Crippen molar-refractivity contribution < 1.29 is 28.5 Å². The molecule has 2 fully saturated rings. The van der Waals surface area contributed by atoms with Gasteiger partial charge in [-0.15, -0.1) is 0 Å². The number of hydrogen-bond acceptors (Lipinski definition) is 7. The van der Waals surface area contributed by atoms with Gasteiger partial charge in [-0.2, -0.15) is 0 Å². The van der Waals surface area contributed by atoms with Gasteiger partial charge in [-0.1, -0.05) is 11.6 Å². The van der Waals surface area contributed by atoms with Gasteiger partial charge >= 0.3 is 5.97 Å². The number of halogens is 1. The van der Waals surface area contributed by atoms with Gasteiger partial charge in [0, 0.05) is 44.8 Å². The molecule has 1 aromatic rings. The minimum Gasteiger partial charge on any atom is -0.489 e. The van der Waals surface area contributed by atoms with Crippen molar-refractivity contribution >= 4 is 23.5 Å². The number of likely N-dealkylation sites (tertiary alicyclic amines) is 1. The van der Waals surface area contributed by atoms with E-state index in [1.54, 1.807) is 0 Å². The maximum atomic E-state index is 13.0. The van der Waals surface area contributed by atoms with Crippen molar-refractivity contribution in [3.63, 3.8) is 0 Å². The second kappa shape index (κ2) is 10.9. The van der Waals surface area contributed by atoms with Crippen LogP contribution in [-0.4, -0.2) is 80.9 Å². The summed E-state index contributed by atoms with van der Waals surface area (Å²) in [4.78, 5) is 28.7. The molecular weight excluding hydrogens is 448 g/mol. The lowest BCUT2D eigenvalue weighted by Gasteiger charge is -2.42. The van der Waals surface area contributed by atoms with Crippen LogP contribution in [0.3, 0.4) is 0 Å². The average Bonchev–Trinajstić information content (AvgIpc) is 3.06. The van der Waals surface area contributed by atoms with Crippen molar-refractivity contribution in [3.8, 4) is 11.5 Å². The van der Waals surface area contributed by atoms with Crippen molar-refractivity contribution in [2.24, 2.45) is 5.41 Å². The summed E-state index contributed by atoms with van der Waals surface area (Å²) in [7, 11) is 0. The number of nitrogens with zero attached hydrogens (tertiary/aromatic N) is 2. The summed E-state index contributed by atoms with van der Waals surface area (Å²) >= 11 is 6.46. The van der Waals surface area contributed by atoms with Crippen molar-refractivity contribution in [1.82, 2.24) is 9.80 Å². The van der Waals surface area contributed by atoms with Gasteiger partial charge in [-0.3, -0.25) is 14.5 Å². The van der Waals surface area contributed by atoms with Gasteiger partial charge in [0.05, 0.1) is 38.1 Å². The normalized spacial score (nSPS) is 20.7. The summed E-state index contributed by atoms with van der Waals surface area (Å²) in [6.07, 6.45) is 2.80. The lowest BCUT2D eigenvalue weighted by atomic mass is 9.75. The Hall–Kier alpha value is -2.03. The summed E-state index contributed by atoms with van der Waals surface area (Å²) in [5.41, 5.74) is 0.737. The standard InChI is InChI=1S/C24H33ClN2O6/c1-18(28)33-17-24(15-22(29)27-7-11-30-12-8-27)3-5-26(6-4-24)16-19-13-20(25)23-21(14-19)31-9-2-10-32-23/h13-14H,2-12,15-17H2,1H3. The first-order valence-corrected chi connectivity index (χ1v) is 12.1. The average molecular weight is 481 g/mol. The van der Waals surface area contributed by atoms with E-state index in [0.717, 1.165) is 44.5 Å². The van der Waals surface area contributed by atoms with Crippen LogP contribution >= 0.6 is 11.6 Å². The Labute approximate surface area is 200 Å². The Morgan fingerprint density at radius 3 is 2.52 bits per heavy atom.